The molecular weight excluding hydrogens is 262 g/mol. The molecule has 1 aromatic carbocycles. The number of pyridine rings is 1. The van der Waals surface area contributed by atoms with Gasteiger partial charge in [0.05, 0.1) is 12.3 Å². The van der Waals surface area contributed by atoms with Crippen molar-refractivity contribution >= 4 is 11.5 Å². The highest BCUT2D eigenvalue weighted by Gasteiger charge is 2.04. The van der Waals surface area contributed by atoms with Crippen LogP contribution in [0.3, 0.4) is 0 Å². The molecule has 1 aromatic heterocycles. The van der Waals surface area contributed by atoms with E-state index in [1.165, 1.54) is 11.1 Å². The van der Waals surface area contributed by atoms with Crippen molar-refractivity contribution in [3.05, 3.63) is 47.5 Å². The van der Waals surface area contributed by atoms with E-state index >= 15 is 0 Å². The molecule has 0 aliphatic carbocycles. The second kappa shape index (κ2) is 7.53. The number of rotatable bonds is 7. The summed E-state index contributed by atoms with van der Waals surface area (Å²) < 4.78 is 5.53. The third-order valence-electron chi connectivity index (χ3n) is 3.29. The Labute approximate surface area is 126 Å². The number of aromatic nitrogens is 1. The Hall–Kier alpha value is -2.23. The fraction of sp³-hybridized carbons (Fsp3) is 0.353. The molecule has 0 bridgehead atoms. The van der Waals surface area contributed by atoms with E-state index in [0.717, 1.165) is 25.2 Å². The van der Waals surface area contributed by atoms with Crippen LogP contribution in [0.4, 0.5) is 11.5 Å². The van der Waals surface area contributed by atoms with Crippen LogP contribution in [0.15, 0.2) is 36.4 Å². The number of nitrogens with zero attached hydrogens (tertiary/aromatic N) is 1. The number of aryl methyl sites for hydroxylation is 1. The van der Waals surface area contributed by atoms with Gasteiger partial charge in [0.15, 0.2) is 0 Å². The molecule has 0 saturated carbocycles. The molecule has 0 aliphatic rings. The van der Waals surface area contributed by atoms with Gasteiger partial charge in [-0.1, -0.05) is 31.2 Å². The first-order chi connectivity index (χ1) is 10.2. The molecule has 4 heteroatoms. The fourth-order valence-corrected chi connectivity index (χ4v) is 2.08. The standard InChI is InChI=1S/C17H23N3O/c1-3-12-21-17-15(18)8-9-16(20-17)19-11-10-14-7-5-4-6-13(14)2/h4-9H,3,10-12,18H2,1-2H3,(H,19,20). The Morgan fingerprint density at radius 2 is 2.00 bits per heavy atom. The zero-order valence-corrected chi connectivity index (χ0v) is 12.7. The lowest BCUT2D eigenvalue weighted by molar-refractivity contribution is 0.307. The van der Waals surface area contributed by atoms with Gasteiger partial charge >= 0.3 is 0 Å². The van der Waals surface area contributed by atoms with Gasteiger partial charge in [0.1, 0.15) is 5.82 Å². The van der Waals surface area contributed by atoms with Crippen LogP contribution < -0.4 is 15.8 Å². The van der Waals surface area contributed by atoms with Crippen molar-refractivity contribution in [3.63, 3.8) is 0 Å². The molecule has 0 atom stereocenters. The van der Waals surface area contributed by atoms with Crippen molar-refractivity contribution in [2.24, 2.45) is 0 Å². The molecule has 0 unspecified atom stereocenters. The topological polar surface area (TPSA) is 60.2 Å². The monoisotopic (exact) mass is 285 g/mol. The summed E-state index contributed by atoms with van der Waals surface area (Å²) in [5.74, 6) is 1.31. The number of anilines is 2. The van der Waals surface area contributed by atoms with Crippen LogP contribution >= 0.6 is 0 Å². The van der Waals surface area contributed by atoms with Crippen molar-refractivity contribution in [2.45, 2.75) is 26.7 Å². The molecule has 4 nitrogen and oxygen atoms in total. The van der Waals surface area contributed by atoms with E-state index in [9.17, 15) is 0 Å². The molecule has 0 fully saturated rings. The molecule has 3 N–H and O–H groups in total. The van der Waals surface area contributed by atoms with Gasteiger partial charge in [0.25, 0.3) is 0 Å². The third-order valence-corrected chi connectivity index (χ3v) is 3.29. The van der Waals surface area contributed by atoms with Crippen LogP contribution in [0.25, 0.3) is 0 Å². The number of hydrogen-bond acceptors (Lipinski definition) is 4. The maximum Gasteiger partial charge on any atom is 0.239 e. The first kappa shape index (κ1) is 15.2. The Kier molecular flexibility index (Phi) is 5.43. The van der Waals surface area contributed by atoms with Gasteiger partial charge in [0, 0.05) is 6.54 Å². The number of nitrogens with one attached hydrogen (secondary N) is 1. The van der Waals surface area contributed by atoms with E-state index in [-0.39, 0.29) is 0 Å². The third kappa shape index (κ3) is 4.38. The van der Waals surface area contributed by atoms with Crippen molar-refractivity contribution in [3.8, 4) is 5.88 Å². The van der Waals surface area contributed by atoms with Crippen molar-refractivity contribution in [1.82, 2.24) is 4.98 Å². The van der Waals surface area contributed by atoms with Gasteiger partial charge < -0.3 is 15.8 Å². The van der Waals surface area contributed by atoms with Crippen LogP contribution in [-0.4, -0.2) is 18.1 Å². The zero-order chi connectivity index (χ0) is 15.1. The Balaban J connectivity index is 1.92. The highest BCUT2D eigenvalue weighted by Crippen LogP contribution is 2.21. The Morgan fingerprint density at radius 1 is 1.19 bits per heavy atom. The molecule has 0 radical (unpaired) electrons. The highest BCUT2D eigenvalue weighted by atomic mass is 16.5. The van der Waals surface area contributed by atoms with Crippen molar-refractivity contribution in [2.75, 3.05) is 24.2 Å². The number of nitrogen functional groups attached to an aromatic ring is 1. The van der Waals surface area contributed by atoms with Crippen LogP contribution in [0.1, 0.15) is 24.5 Å². The van der Waals surface area contributed by atoms with Crippen LogP contribution in [0.2, 0.25) is 0 Å². The first-order valence-electron chi connectivity index (χ1n) is 7.38. The molecule has 21 heavy (non-hydrogen) atoms. The summed E-state index contributed by atoms with van der Waals surface area (Å²) in [5.41, 5.74) is 9.10. The van der Waals surface area contributed by atoms with Crippen LogP contribution in [-0.2, 0) is 6.42 Å². The second-order valence-electron chi connectivity index (χ2n) is 5.04. The first-order valence-corrected chi connectivity index (χ1v) is 7.38. The molecule has 0 amide bonds. The van der Waals surface area contributed by atoms with Gasteiger partial charge in [0.2, 0.25) is 5.88 Å². The maximum absolute atomic E-state index is 5.85. The van der Waals surface area contributed by atoms with Crippen LogP contribution in [0.5, 0.6) is 5.88 Å². The van der Waals surface area contributed by atoms with Gasteiger partial charge in [-0.05, 0) is 43.0 Å². The molecule has 1 heterocycles. The summed E-state index contributed by atoms with van der Waals surface area (Å²) >= 11 is 0. The summed E-state index contributed by atoms with van der Waals surface area (Å²) in [6, 6.07) is 12.1. The molecular formula is C17H23N3O. The lowest BCUT2D eigenvalue weighted by Gasteiger charge is -2.11. The van der Waals surface area contributed by atoms with Gasteiger partial charge in [-0.2, -0.15) is 4.98 Å². The van der Waals surface area contributed by atoms with E-state index < -0.39 is 0 Å². The molecule has 2 aromatic rings. The number of ether oxygens (including phenoxy) is 1. The smallest absolute Gasteiger partial charge is 0.239 e. The van der Waals surface area contributed by atoms with E-state index in [1.807, 2.05) is 12.1 Å². The lowest BCUT2D eigenvalue weighted by Crippen LogP contribution is -2.09. The number of nitrogens with two attached hydrogens (primary N) is 1. The summed E-state index contributed by atoms with van der Waals surface area (Å²) in [4.78, 5) is 4.41. The van der Waals surface area contributed by atoms with Gasteiger partial charge in [-0.3, -0.25) is 0 Å². The van der Waals surface area contributed by atoms with Gasteiger partial charge in [-0.15, -0.1) is 0 Å². The minimum Gasteiger partial charge on any atom is -0.476 e. The van der Waals surface area contributed by atoms with Gasteiger partial charge in [-0.25, -0.2) is 0 Å². The lowest BCUT2D eigenvalue weighted by atomic mass is 10.1. The minimum atomic E-state index is 0.512. The quantitative estimate of drug-likeness (QED) is 0.818. The molecule has 0 saturated heterocycles. The summed E-state index contributed by atoms with van der Waals surface area (Å²) in [6.07, 6.45) is 1.90. The molecule has 2 rings (SSSR count). The molecule has 0 spiro atoms. The second-order valence-corrected chi connectivity index (χ2v) is 5.04. The fourth-order valence-electron chi connectivity index (χ4n) is 2.08. The van der Waals surface area contributed by atoms with E-state index in [1.54, 1.807) is 0 Å². The molecule has 112 valence electrons. The molecule has 0 aliphatic heterocycles. The normalized spacial score (nSPS) is 10.4. The van der Waals surface area contributed by atoms with E-state index in [2.05, 4.69) is 48.4 Å². The SMILES string of the molecule is CCCOc1nc(NCCc2ccccc2C)ccc1N. The average Bonchev–Trinajstić information content (AvgIpc) is 2.49. The van der Waals surface area contributed by atoms with Crippen molar-refractivity contribution < 1.29 is 4.74 Å². The maximum atomic E-state index is 5.85. The van der Waals surface area contributed by atoms with Crippen LogP contribution in [0, 0.1) is 6.92 Å². The van der Waals surface area contributed by atoms with Crippen molar-refractivity contribution in [1.29, 1.82) is 0 Å². The van der Waals surface area contributed by atoms with E-state index in [4.69, 9.17) is 10.5 Å². The average molecular weight is 285 g/mol. The summed E-state index contributed by atoms with van der Waals surface area (Å²) in [6.45, 7) is 5.65. The number of hydrogen-bond donors (Lipinski definition) is 2. The largest absolute Gasteiger partial charge is 0.476 e. The number of benzene rings is 1. The Morgan fingerprint density at radius 3 is 2.76 bits per heavy atom. The Bertz CT molecular complexity index is 584. The summed E-state index contributed by atoms with van der Waals surface area (Å²) in [5, 5.41) is 3.32. The minimum absolute atomic E-state index is 0.512. The predicted octanol–water partition coefficient (Wildman–Crippen LogP) is 3.42. The summed E-state index contributed by atoms with van der Waals surface area (Å²) in [7, 11) is 0. The highest BCUT2D eigenvalue weighted by molar-refractivity contribution is 5.53. The zero-order valence-electron chi connectivity index (χ0n) is 12.7. The predicted molar refractivity (Wildman–Crippen MR) is 87.8 cm³/mol. The van der Waals surface area contributed by atoms with E-state index in [0.29, 0.717) is 18.2 Å².